The molecule has 14 heavy (non-hydrogen) atoms. The summed E-state index contributed by atoms with van der Waals surface area (Å²) in [6.07, 6.45) is 4.09. The van der Waals surface area contributed by atoms with Gasteiger partial charge in [-0.1, -0.05) is 13.8 Å². The number of hydrogen-bond acceptors (Lipinski definition) is 2. The van der Waals surface area contributed by atoms with Gasteiger partial charge >= 0.3 is 0 Å². The highest BCUT2D eigenvalue weighted by Gasteiger charge is 2.44. The molecule has 0 aromatic rings. The van der Waals surface area contributed by atoms with Crippen LogP contribution < -0.4 is 5.32 Å². The molecule has 0 radical (unpaired) electrons. The van der Waals surface area contributed by atoms with Crippen LogP contribution in [-0.2, 0) is 4.74 Å². The van der Waals surface area contributed by atoms with Gasteiger partial charge in [-0.2, -0.15) is 0 Å². The van der Waals surface area contributed by atoms with E-state index in [1.807, 2.05) is 14.2 Å². The standard InChI is InChI=1S/C12H25NO/c1-10(2)7-12(8-13-3,9-14-4)11-5-6-11/h10-11,13H,5-9H2,1-4H3. The molecule has 0 bridgehead atoms. The van der Waals surface area contributed by atoms with Crippen molar-refractivity contribution >= 4 is 0 Å². The Hall–Kier alpha value is -0.0800. The van der Waals surface area contributed by atoms with Crippen LogP contribution in [0.4, 0.5) is 0 Å². The number of rotatable bonds is 7. The highest BCUT2D eigenvalue weighted by atomic mass is 16.5. The average Bonchev–Trinajstić information content (AvgIpc) is 2.85. The number of hydrogen-bond donors (Lipinski definition) is 1. The fourth-order valence-corrected chi connectivity index (χ4v) is 2.76. The van der Waals surface area contributed by atoms with Gasteiger partial charge < -0.3 is 10.1 Å². The van der Waals surface area contributed by atoms with Gasteiger partial charge in [-0.05, 0) is 38.1 Å². The van der Waals surface area contributed by atoms with Crippen molar-refractivity contribution in [2.24, 2.45) is 17.3 Å². The molecule has 0 aromatic heterocycles. The molecule has 0 aliphatic heterocycles. The van der Waals surface area contributed by atoms with Crippen LogP contribution in [0.2, 0.25) is 0 Å². The second kappa shape index (κ2) is 5.13. The number of nitrogens with one attached hydrogen (secondary N) is 1. The molecule has 1 unspecified atom stereocenters. The van der Waals surface area contributed by atoms with Crippen molar-refractivity contribution in [1.29, 1.82) is 0 Å². The molecule has 1 aliphatic rings. The first-order valence-corrected chi connectivity index (χ1v) is 5.78. The smallest absolute Gasteiger partial charge is 0.0533 e. The Balaban J connectivity index is 2.61. The van der Waals surface area contributed by atoms with E-state index in [4.69, 9.17) is 4.74 Å². The zero-order valence-electron chi connectivity index (χ0n) is 10.1. The summed E-state index contributed by atoms with van der Waals surface area (Å²) in [7, 11) is 3.88. The fourth-order valence-electron chi connectivity index (χ4n) is 2.76. The van der Waals surface area contributed by atoms with Crippen LogP contribution in [0.5, 0.6) is 0 Å². The lowest BCUT2D eigenvalue weighted by molar-refractivity contribution is 0.0455. The normalized spacial score (nSPS) is 21.2. The van der Waals surface area contributed by atoms with Crippen LogP contribution in [0.3, 0.4) is 0 Å². The van der Waals surface area contributed by atoms with Gasteiger partial charge in [-0.25, -0.2) is 0 Å². The van der Waals surface area contributed by atoms with Crippen molar-refractivity contribution in [2.45, 2.75) is 33.1 Å². The molecule has 1 rings (SSSR count). The van der Waals surface area contributed by atoms with E-state index in [1.165, 1.54) is 19.3 Å². The SMILES string of the molecule is CNCC(COC)(CC(C)C)C1CC1. The Labute approximate surface area is 88.4 Å². The average molecular weight is 199 g/mol. The predicted molar refractivity (Wildman–Crippen MR) is 60.4 cm³/mol. The van der Waals surface area contributed by atoms with Crippen molar-refractivity contribution in [1.82, 2.24) is 5.32 Å². The maximum Gasteiger partial charge on any atom is 0.0533 e. The van der Waals surface area contributed by atoms with Gasteiger partial charge in [0.25, 0.3) is 0 Å². The molecule has 1 N–H and O–H groups in total. The summed E-state index contributed by atoms with van der Waals surface area (Å²) in [5.41, 5.74) is 0.400. The number of methoxy groups -OCH3 is 1. The molecule has 1 saturated carbocycles. The molecule has 0 heterocycles. The topological polar surface area (TPSA) is 21.3 Å². The Morgan fingerprint density at radius 3 is 2.43 bits per heavy atom. The Morgan fingerprint density at radius 1 is 1.43 bits per heavy atom. The van der Waals surface area contributed by atoms with Crippen LogP contribution >= 0.6 is 0 Å². The maximum absolute atomic E-state index is 5.42. The van der Waals surface area contributed by atoms with Gasteiger partial charge in [0.2, 0.25) is 0 Å². The van der Waals surface area contributed by atoms with Crippen molar-refractivity contribution in [2.75, 3.05) is 27.3 Å². The molecule has 0 saturated heterocycles. The largest absolute Gasteiger partial charge is 0.384 e. The van der Waals surface area contributed by atoms with Crippen LogP contribution in [0.1, 0.15) is 33.1 Å². The van der Waals surface area contributed by atoms with E-state index in [0.717, 1.165) is 25.0 Å². The van der Waals surface area contributed by atoms with Gasteiger partial charge in [0.1, 0.15) is 0 Å². The minimum Gasteiger partial charge on any atom is -0.384 e. The first kappa shape index (κ1) is 12.0. The Kier molecular flexibility index (Phi) is 4.39. The van der Waals surface area contributed by atoms with Gasteiger partial charge in [0.05, 0.1) is 6.61 Å². The fraction of sp³-hybridized carbons (Fsp3) is 1.00. The van der Waals surface area contributed by atoms with E-state index in [1.54, 1.807) is 0 Å². The second-order valence-corrected chi connectivity index (χ2v) is 5.20. The highest BCUT2D eigenvalue weighted by Crippen LogP contribution is 2.49. The van der Waals surface area contributed by atoms with E-state index >= 15 is 0 Å². The number of ether oxygens (including phenoxy) is 1. The van der Waals surface area contributed by atoms with Gasteiger partial charge in [-0.3, -0.25) is 0 Å². The molecule has 2 heteroatoms. The van der Waals surface area contributed by atoms with Gasteiger partial charge in [-0.15, -0.1) is 0 Å². The third-order valence-electron chi connectivity index (χ3n) is 3.22. The molecule has 0 amide bonds. The summed E-state index contributed by atoms with van der Waals surface area (Å²) >= 11 is 0. The van der Waals surface area contributed by atoms with Crippen molar-refractivity contribution < 1.29 is 4.74 Å². The van der Waals surface area contributed by atoms with Crippen LogP contribution in [0.15, 0.2) is 0 Å². The van der Waals surface area contributed by atoms with Crippen molar-refractivity contribution in [3.8, 4) is 0 Å². The maximum atomic E-state index is 5.42. The zero-order valence-corrected chi connectivity index (χ0v) is 10.1. The van der Waals surface area contributed by atoms with Gasteiger partial charge in [0.15, 0.2) is 0 Å². The molecular formula is C12H25NO. The summed E-state index contributed by atoms with van der Waals surface area (Å²) in [5, 5.41) is 3.34. The van der Waals surface area contributed by atoms with Gasteiger partial charge in [0, 0.05) is 19.1 Å². The summed E-state index contributed by atoms with van der Waals surface area (Å²) in [6.45, 7) is 6.63. The Bertz CT molecular complexity index is 158. The third-order valence-corrected chi connectivity index (χ3v) is 3.22. The van der Waals surface area contributed by atoms with E-state index in [-0.39, 0.29) is 0 Å². The minimum absolute atomic E-state index is 0.400. The van der Waals surface area contributed by atoms with Crippen LogP contribution in [0.25, 0.3) is 0 Å². The van der Waals surface area contributed by atoms with E-state index in [0.29, 0.717) is 5.41 Å². The first-order valence-electron chi connectivity index (χ1n) is 5.78. The highest BCUT2D eigenvalue weighted by molar-refractivity contribution is 4.95. The van der Waals surface area contributed by atoms with Crippen molar-refractivity contribution in [3.05, 3.63) is 0 Å². The molecular weight excluding hydrogens is 174 g/mol. The summed E-state index contributed by atoms with van der Waals surface area (Å²) < 4.78 is 5.42. The van der Waals surface area contributed by atoms with E-state index in [2.05, 4.69) is 19.2 Å². The first-order chi connectivity index (χ1) is 6.64. The quantitative estimate of drug-likeness (QED) is 0.679. The molecule has 84 valence electrons. The van der Waals surface area contributed by atoms with E-state index < -0.39 is 0 Å². The zero-order chi connectivity index (χ0) is 10.6. The van der Waals surface area contributed by atoms with Crippen LogP contribution in [-0.4, -0.2) is 27.3 Å². The summed E-state index contributed by atoms with van der Waals surface area (Å²) in [5.74, 6) is 1.66. The molecule has 0 spiro atoms. The molecule has 1 fully saturated rings. The molecule has 0 aromatic carbocycles. The third kappa shape index (κ3) is 2.96. The summed E-state index contributed by atoms with van der Waals surface area (Å²) in [6, 6.07) is 0. The second-order valence-electron chi connectivity index (χ2n) is 5.20. The summed E-state index contributed by atoms with van der Waals surface area (Å²) in [4.78, 5) is 0. The molecule has 1 atom stereocenters. The Morgan fingerprint density at radius 2 is 2.07 bits per heavy atom. The lowest BCUT2D eigenvalue weighted by atomic mass is 9.76. The molecule has 1 aliphatic carbocycles. The molecule has 2 nitrogen and oxygen atoms in total. The van der Waals surface area contributed by atoms with Crippen LogP contribution in [0, 0.1) is 17.3 Å². The van der Waals surface area contributed by atoms with Crippen molar-refractivity contribution in [3.63, 3.8) is 0 Å². The lowest BCUT2D eigenvalue weighted by Gasteiger charge is -2.35. The monoisotopic (exact) mass is 199 g/mol. The lowest BCUT2D eigenvalue weighted by Crippen LogP contribution is -2.39. The minimum atomic E-state index is 0.400. The predicted octanol–water partition coefficient (Wildman–Crippen LogP) is 2.29. The van der Waals surface area contributed by atoms with E-state index in [9.17, 15) is 0 Å².